The SMILES string of the molecule is N#CCC1CN(c2cccc3[nH]cnc23)CCN1. The van der Waals surface area contributed by atoms with E-state index in [1.54, 1.807) is 6.33 Å². The van der Waals surface area contributed by atoms with Gasteiger partial charge in [-0.15, -0.1) is 0 Å². The Bertz CT molecular complexity index is 582. The average molecular weight is 241 g/mol. The summed E-state index contributed by atoms with van der Waals surface area (Å²) in [5.74, 6) is 0. The van der Waals surface area contributed by atoms with Crippen molar-refractivity contribution in [1.82, 2.24) is 15.3 Å². The second-order valence-corrected chi connectivity index (χ2v) is 4.54. The van der Waals surface area contributed by atoms with Crippen molar-refractivity contribution in [2.45, 2.75) is 12.5 Å². The van der Waals surface area contributed by atoms with E-state index in [-0.39, 0.29) is 6.04 Å². The van der Waals surface area contributed by atoms with Crippen LogP contribution in [0, 0.1) is 11.3 Å². The fraction of sp³-hybridized carbons (Fsp3) is 0.385. The quantitative estimate of drug-likeness (QED) is 0.830. The number of piperazine rings is 1. The molecule has 18 heavy (non-hydrogen) atoms. The maximum atomic E-state index is 8.79. The van der Waals surface area contributed by atoms with E-state index in [1.165, 1.54) is 0 Å². The minimum atomic E-state index is 0.248. The largest absolute Gasteiger partial charge is 0.367 e. The lowest BCUT2D eigenvalue weighted by atomic mass is 10.1. The van der Waals surface area contributed by atoms with Gasteiger partial charge in [-0.1, -0.05) is 6.07 Å². The fourth-order valence-corrected chi connectivity index (χ4v) is 2.50. The Balaban J connectivity index is 1.90. The Kier molecular flexibility index (Phi) is 2.87. The van der Waals surface area contributed by atoms with Crippen molar-refractivity contribution < 1.29 is 0 Å². The summed E-state index contributed by atoms with van der Waals surface area (Å²) >= 11 is 0. The third kappa shape index (κ3) is 1.91. The summed E-state index contributed by atoms with van der Waals surface area (Å²) < 4.78 is 0. The van der Waals surface area contributed by atoms with Gasteiger partial charge in [0.1, 0.15) is 5.52 Å². The molecule has 0 aliphatic carbocycles. The van der Waals surface area contributed by atoms with Crippen molar-refractivity contribution in [2.75, 3.05) is 24.5 Å². The summed E-state index contributed by atoms with van der Waals surface area (Å²) in [6.07, 6.45) is 2.27. The minimum Gasteiger partial charge on any atom is -0.367 e. The molecule has 0 bridgehead atoms. The number of nitrogens with one attached hydrogen (secondary N) is 2. The van der Waals surface area contributed by atoms with Crippen LogP contribution in [0.5, 0.6) is 0 Å². The number of nitrogens with zero attached hydrogens (tertiary/aromatic N) is 3. The maximum absolute atomic E-state index is 8.79. The van der Waals surface area contributed by atoms with E-state index in [1.807, 2.05) is 12.1 Å². The van der Waals surface area contributed by atoms with Crippen LogP contribution in [-0.4, -0.2) is 35.6 Å². The third-order valence-corrected chi connectivity index (χ3v) is 3.36. The number of rotatable bonds is 2. The Morgan fingerprint density at radius 1 is 1.50 bits per heavy atom. The summed E-state index contributed by atoms with van der Waals surface area (Å²) in [6.45, 7) is 2.72. The van der Waals surface area contributed by atoms with Crippen LogP contribution in [0.4, 0.5) is 5.69 Å². The molecule has 0 spiro atoms. The third-order valence-electron chi connectivity index (χ3n) is 3.36. The van der Waals surface area contributed by atoms with Gasteiger partial charge in [0.05, 0.1) is 30.0 Å². The van der Waals surface area contributed by atoms with Gasteiger partial charge < -0.3 is 15.2 Å². The zero-order valence-electron chi connectivity index (χ0n) is 10.1. The summed E-state index contributed by atoms with van der Waals surface area (Å²) in [6, 6.07) is 8.64. The van der Waals surface area contributed by atoms with Crippen LogP contribution in [0.25, 0.3) is 11.0 Å². The van der Waals surface area contributed by atoms with Gasteiger partial charge in [0.2, 0.25) is 0 Å². The van der Waals surface area contributed by atoms with E-state index in [4.69, 9.17) is 5.26 Å². The lowest BCUT2D eigenvalue weighted by Gasteiger charge is -2.34. The lowest BCUT2D eigenvalue weighted by molar-refractivity contribution is 0.463. The average Bonchev–Trinajstić information content (AvgIpc) is 2.87. The number of benzene rings is 1. The molecule has 0 amide bonds. The summed E-state index contributed by atoms with van der Waals surface area (Å²) in [5, 5.41) is 12.2. The number of aromatic amines is 1. The number of hydrogen-bond donors (Lipinski definition) is 2. The topological polar surface area (TPSA) is 67.7 Å². The van der Waals surface area contributed by atoms with Gasteiger partial charge in [-0.25, -0.2) is 4.98 Å². The van der Waals surface area contributed by atoms with Gasteiger partial charge in [0, 0.05) is 25.7 Å². The van der Waals surface area contributed by atoms with Gasteiger partial charge in [-0.2, -0.15) is 5.26 Å². The standard InChI is InChI=1S/C13H15N5/c14-5-4-10-8-18(7-6-15-10)12-3-1-2-11-13(12)17-9-16-11/h1-3,9-10,15H,4,6-8H2,(H,16,17). The van der Waals surface area contributed by atoms with Crippen molar-refractivity contribution in [3.8, 4) is 6.07 Å². The molecule has 1 aliphatic rings. The number of nitriles is 1. The predicted octanol–water partition coefficient (Wildman–Crippen LogP) is 1.25. The normalized spacial score (nSPS) is 19.9. The van der Waals surface area contributed by atoms with Crippen LogP contribution in [0.3, 0.4) is 0 Å². The van der Waals surface area contributed by atoms with E-state index in [0.717, 1.165) is 36.4 Å². The number of H-pyrrole nitrogens is 1. The van der Waals surface area contributed by atoms with Gasteiger partial charge in [-0.05, 0) is 12.1 Å². The highest BCUT2D eigenvalue weighted by molar-refractivity contribution is 5.88. The minimum absolute atomic E-state index is 0.248. The number of anilines is 1. The van der Waals surface area contributed by atoms with Crippen molar-refractivity contribution in [3.05, 3.63) is 24.5 Å². The molecule has 2 heterocycles. The van der Waals surface area contributed by atoms with Crippen LogP contribution >= 0.6 is 0 Å². The molecular weight excluding hydrogens is 226 g/mol. The number of imidazole rings is 1. The van der Waals surface area contributed by atoms with Crippen molar-refractivity contribution >= 4 is 16.7 Å². The highest BCUT2D eigenvalue weighted by Crippen LogP contribution is 2.25. The van der Waals surface area contributed by atoms with Gasteiger partial charge >= 0.3 is 0 Å². The molecule has 2 N–H and O–H groups in total. The number of hydrogen-bond acceptors (Lipinski definition) is 4. The van der Waals surface area contributed by atoms with Crippen LogP contribution in [0.2, 0.25) is 0 Å². The highest BCUT2D eigenvalue weighted by Gasteiger charge is 2.20. The van der Waals surface area contributed by atoms with Crippen LogP contribution < -0.4 is 10.2 Å². The molecule has 5 heteroatoms. The number of aromatic nitrogens is 2. The molecule has 1 aromatic carbocycles. The second-order valence-electron chi connectivity index (χ2n) is 4.54. The first kappa shape index (κ1) is 11.1. The van der Waals surface area contributed by atoms with Crippen LogP contribution in [0.15, 0.2) is 24.5 Å². The van der Waals surface area contributed by atoms with E-state index < -0.39 is 0 Å². The molecule has 1 atom stereocenters. The summed E-state index contributed by atoms with van der Waals surface area (Å²) in [5.41, 5.74) is 3.22. The lowest BCUT2D eigenvalue weighted by Crippen LogP contribution is -2.50. The molecule has 2 aromatic rings. The van der Waals surface area contributed by atoms with E-state index in [9.17, 15) is 0 Å². The summed E-state index contributed by atoms with van der Waals surface area (Å²) in [4.78, 5) is 9.82. The molecule has 0 radical (unpaired) electrons. The van der Waals surface area contributed by atoms with Crippen LogP contribution in [-0.2, 0) is 0 Å². The molecule has 3 rings (SSSR count). The molecule has 1 saturated heterocycles. The molecule has 1 unspecified atom stereocenters. The fourth-order valence-electron chi connectivity index (χ4n) is 2.50. The Morgan fingerprint density at radius 2 is 2.44 bits per heavy atom. The maximum Gasteiger partial charge on any atom is 0.112 e. The Labute approximate surface area is 105 Å². The zero-order chi connectivity index (χ0) is 12.4. The highest BCUT2D eigenvalue weighted by atomic mass is 15.2. The monoisotopic (exact) mass is 241 g/mol. The van der Waals surface area contributed by atoms with E-state index >= 15 is 0 Å². The van der Waals surface area contributed by atoms with Gasteiger partial charge in [-0.3, -0.25) is 0 Å². The molecular formula is C13H15N5. The van der Waals surface area contributed by atoms with Crippen molar-refractivity contribution in [3.63, 3.8) is 0 Å². The zero-order valence-corrected chi connectivity index (χ0v) is 10.1. The van der Waals surface area contributed by atoms with Gasteiger partial charge in [0.25, 0.3) is 0 Å². The van der Waals surface area contributed by atoms with E-state index in [2.05, 4.69) is 32.3 Å². The number of para-hydroxylation sites is 1. The summed E-state index contributed by atoms with van der Waals surface area (Å²) in [7, 11) is 0. The molecule has 92 valence electrons. The molecule has 1 aromatic heterocycles. The van der Waals surface area contributed by atoms with Crippen molar-refractivity contribution in [1.29, 1.82) is 5.26 Å². The second kappa shape index (κ2) is 4.67. The first-order valence-corrected chi connectivity index (χ1v) is 6.16. The first-order chi connectivity index (χ1) is 8.88. The van der Waals surface area contributed by atoms with E-state index in [0.29, 0.717) is 6.42 Å². The molecule has 0 saturated carbocycles. The molecule has 1 aliphatic heterocycles. The van der Waals surface area contributed by atoms with Crippen molar-refractivity contribution in [2.24, 2.45) is 0 Å². The number of fused-ring (bicyclic) bond motifs is 1. The first-order valence-electron chi connectivity index (χ1n) is 6.16. The predicted molar refractivity (Wildman–Crippen MR) is 70.3 cm³/mol. The smallest absolute Gasteiger partial charge is 0.112 e. The molecule has 1 fully saturated rings. The van der Waals surface area contributed by atoms with Gasteiger partial charge in [0.15, 0.2) is 0 Å². The Hall–Kier alpha value is -2.06. The van der Waals surface area contributed by atoms with Crippen LogP contribution in [0.1, 0.15) is 6.42 Å². The molecule has 5 nitrogen and oxygen atoms in total. The Morgan fingerprint density at radius 3 is 3.33 bits per heavy atom.